The monoisotopic (exact) mass is 274 g/mol. The van der Waals surface area contributed by atoms with Gasteiger partial charge in [0, 0.05) is 19.2 Å². The van der Waals surface area contributed by atoms with E-state index in [1.807, 2.05) is 29.1 Å². The summed E-state index contributed by atoms with van der Waals surface area (Å²) in [5.41, 5.74) is 0.983. The fourth-order valence-corrected chi connectivity index (χ4v) is 1.88. The van der Waals surface area contributed by atoms with E-state index in [4.69, 9.17) is 4.74 Å². The minimum atomic E-state index is 0.608. The highest BCUT2D eigenvalue weighted by Gasteiger charge is 2.03. The topological polar surface area (TPSA) is 52.0 Å². The number of pyridine rings is 1. The van der Waals surface area contributed by atoms with E-state index in [0.717, 1.165) is 43.9 Å². The Hall–Kier alpha value is -1.88. The lowest BCUT2D eigenvalue weighted by Gasteiger charge is -2.05. The van der Waals surface area contributed by atoms with Crippen molar-refractivity contribution in [1.82, 2.24) is 20.1 Å². The van der Waals surface area contributed by atoms with Crippen molar-refractivity contribution in [2.45, 2.75) is 39.8 Å². The van der Waals surface area contributed by atoms with Gasteiger partial charge in [-0.3, -0.25) is 4.68 Å². The maximum Gasteiger partial charge on any atom is 0.219 e. The highest BCUT2D eigenvalue weighted by atomic mass is 16.5. The molecule has 20 heavy (non-hydrogen) atoms. The van der Waals surface area contributed by atoms with Crippen molar-refractivity contribution < 1.29 is 4.74 Å². The van der Waals surface area contributed by atoms with Crippen LogP contribution in [0.2, 0.25) is 0 Å². The maximum absolute atomic E-state index is 5.73. The van der Waals surface area contributed by atoms with Crippen LogP contribution in [0.15, 0.2) is 30.6 Å². The Morgan fingerprint density at radius 2 is 2.15 bits per heavy atom. The molecule has 2 aromatic rings. The lowest BCUT2D eigenvalue weighted by atomic mass is 10.3. The van der Waals surface area contributed by atoms with Crippen molar-refractivity contribution >= 4 is 0 Å². The molecule has 0 amide bonds. The molecule has 0 unspecified atom stereocenters. The summed E-state index contributed by atoms with van der Waals surface area (Å²) < 4.78 is 7.61. The van der Waals surface area contributed by atoms with Crippen molar-refractivity contribution in [3.8, 4) is 11.6 Å². The SMILES string of the molecule is CCCNCc1cccc(Oc2cnn(CCC)c2)n1. The van der Waals surface area contributed by atoms with Crippen molar-refractivity contribution in [3.05, 3.63) is 36.3 Å². The molecule has 0 saturated carbocycles. The van der Waals surface area contributed by atoms with Crippen LogP contribution in [0.4, 0.5) is 0 Å². The molecule has 2 aromatic heterocycles. The van der Waals surface area contributed by atoms with Gasteiger partial charge in [-0.1, -0.05) is 19.9 Å². The Morgan fingerprint density at radius 3 is 2.95 bits per heavy atom. The number of hydrogen-bond acceptors (Lipinski definition) is 4. The first-order valence-corrected chi connectivity index (χ1v) is 7.18. The van der Waals surface area contributed by atoms with Gasteiger partial charge in [-0.15, -0.1) is 0 Å². The highest BCUT2D eigenvalue weighted by Crippen LogP contribution is 2.18. The Kier molecular flexibility index (Phi) is 5.55. The molecular formula is C15H22N4O. The molecule has 0 aromatic carbocycles. The van der Waals surface area contributed by atoms with Crippen LogP contribution >= 0.6 is 0 Å². The molecule has 0 atom stereocenters. The molecule has 2 heterocycles. The van der Waals surface area contributed by atoms with E-state index in [1.165, 1.54) is 0 Å². The van der Waals surface area contributed by atoms with Crippen LogP contribution < -0.4 is 10.1 Å². The van der Waals surface area contributed by atoms with Gasteiger partial charge in [-0.25, -0.2) is 4.98 Å². The second kappa shape index (κ2) is 7.65. The van der Waals surface area contributed by atoms with E-state index in [-0.39, 0.29) is 0 Å². The van der Waals surface area contributed by atoms with Crippen LogP contribution in [0.5, 0.6) is 11.6 Å². The van der Waals surface area contributed by atoms with E-state index >= 15 is 0 Å². The van der Waals surface area contributed by atoms with Gasteiger partial charge in [0.15, 0.2) is 5.75 Å². The number of nitrogens with zero attached hydrogens (tertiary/aromatic N) is 3. The number of nitrogens with one attached hydrogen (secondary N) is 1. The van der Waals surface area contributed by atoms with Crippen LogP contribution in [0.3, 0.4) is 0 Å². The first-order chi connectivity index (χ1) is 9.81. The molecule has 1 N–H and O–H groups in total. The second-order valence-corrected chi connectivity index (χ2v) is 4.69. The van der Waals surface area contributed by atoms with Gasteiger partial charge in [-0.05, 0) is 25.5 Å². The zero-order valence-electron chi connectivity index (χ0n) is 12.2. The molecule has 0 aliphatic carbocycles. The summed E-state index contributed by atoms with van der Waals surface area (Å²) in [7, 11) is 0. The molecule has 108 valence electrons. The predicted octanol–water partition coefficient (Wildman–Crippen LogP) is 2.98. The van der Waals surface area contributed by atoms with E-state index in [1.54, 1.807) is 6.20 Å². The lowest BCUT2D eigenvalue weighted by Crippen LogP contribution is -2.14. The van der Waals surface area contributed by atoms with Crippen molar-refractivity contribution in [2.24, 2.45) is 0 Å². The maximum atomic E-state index is 5.73. The Labute approximate surface area is 120 Å². The fourth-order valence-electron chi connectivity index (χ4n) is 1.88. The molecule has 0 aliphatic rings. The van der Waals surface area contributed by atoms with Crippen LogP contribution in [0.25, 0.3) is 0 Å². The van der Waals surface area contributed by atoms with Crippen LogP contribution in [0, 0.1) is 0 Å². The normalized spacial score (nSPS) is 10.7. The van der Waals surface area contributed by atoms with Crippen LogP contribution in [-0.4, -0.2) is 21.3 Å². The molecule has 0 saturated heterocycles. The lowest BCUT2D eigenvalue weighted by molar-refractivity contribution is 0.458. The quantitative estimate of drug-likeness (QED) is 0.752. The van der Waals surface area contributed by atoms with Gasteiger partial charge < -0.3 is 10.1 Å². The Morgan fingerprint density at radius 1 is 1.25 bits per heavy atom. The summed E-state index contributed by atoms with van der Waals surface area (Å²) in [4.78, 5) is 4.47. The minimum absolute atomic E-state index is 0.608. The van der Waals surface area contributed by atoms with Gasteiger partial charge in [0.05, 0.1) is 18.1 Å². The molecule has 0 fully saturated rings. The van der Waals surface area contributed by atoms with Gasteiger partial charge in [-0.2, -0.15) is 5.10 Å². The third-order valence-corrected chi connectivity index (χ3v) is 2.80. The number of rotatable bonds is 8. The molecule has 0 spiro atoms. The molecule has 5 nitrogen and oxygen atoms in total. The Bertz CT molecular complexity index is 524. The second-order valence-electron chi connectivity index (χ2n) is 4.69. The molecule has 2 rings (SSSR count). The van der Waals surface area contributed by atoms with Crippen molar-refractivity contribution in [3.63, 3.8) is 0 Å². The first kappa shape index (κ1) is 14.5. The van der Waals surface area contributed by atoms with E-state index < -0.39 is 0 Å². The smallest absolute Gasteiger partial charge is 0.219 e. The molecule has 0 aliphatic heterocycles. The molecule has 5 heteroatoms. The van der Waals surface area contributed by atoms with Gasteiger partial charge >= 0.3 is 0 Å². The summed E-state index contributed by atoms with van der Waals surface area (Å²) in [6.45, 7) is 6.93. The fraction of sp³-hybridized carbons (Fsp3) is 0.467. The van der Waals surface area contributed by atoms with Gasteiger partial charge in [0.25, 0.3) is 0 Å². The first-order valence-electron chi connectivity index (χ1n) is 7.18. The minimum Gasteiger partial charge on any atom is -0.436 e. The predicted molar refractivity (Wildman–Crippen MR) is 78.8 cm³/mol. The number of hydrogen-bond donors (Lipinski definition) is 1. The number of aryl methyl sites for hydroxylation is 1. The van der Waals surface area contributed by atoms with Crippen LogP contribution in [-0.2, 0) is 13.1 Å². The average Bonchev–Trinajstić information content (AvgIpc) is 2.87. The summed E-state index contributed by atoms with van der Waals surface area (Å²) in [5.74, 6) is 1.33. The summed E-state index contributed by atoms with van der Waals surface area (Å²) in [5, 5.41) is 7.57. The van der Waals surface area contributed by atoms with Crippen molar-refractivity contribution in [1.29, 1.82) is 0 Å². The molecular weight excluding hydrogens is 252 g/mol. The zero-order chi connectivity index (χ0) is 14.2. The molecule has 0 bridgehead atoms. The van der Waals surface area contributed by atoms with Gasteiger partial charge in [0.1, 0.15) is 0 Å². The standard InChI is InChI=1S/C15H22N4O/c1-3-8-16-10-13-6-5-7-15(18-13)20-14-11-17-19(12-14)9-4-2/h5-7,11-12,16H,3-4,8-10H2,1-2H3. The van der Waals surface area contributed by atoms with E-state index in [0.29, 0.717) is 5.88 Å². The van der Waals surface area contributed by atoms with Gasteiger partial charge in [0.2, 0.25) is 5.88 Å². The third kappa shape index (κ3) is 4.35. The number of aromatic nitrogens is 3. The summed E-state index contributed by atoms with van der Waals surface area (Å²) in [6.07, 6.45) is 5.79. The zero-order valence-corrected chi connectivity index (χ0v) is 12.2. The summed E-state index contributed by atoms with van der Waals surface area (Å²) in [6, 6.07) is 5.82. The highest BCUT2D eigenvalue weighted by molar-refractivity contribution is 5.23. The molecule has 0 radical (unpaired) electrons. The number of ether oxygens (including phenoxy) is 1. The van der Waals surface area contributed by atoms with E-state index in [9.17, 15) is 0 Å². The van der Waals surface area contributed by atoms with E-state index in [2.05, 4.69) is 29.2 Å². The van der Waals surface area contributed by atoms with Crippen molar-refractivity contribution in [2.75, 3.05) is 6.54 Å². The summed E-state index contributed by atoms with van der Waals surface area (Å²) >= 11 is 0. The third-order valence-electron chi connectivity index (χ3n) is 2.80. The van der Waals surface area contributed by atoms with Crippen LogP contribution in [0.1, 0.15) is 32.4 Å². The largest absolute Gasteiger partial charge is 0.436 e. The Balaban J connectivity index is 1.95. The average molecular weight is 274 g/mol.